The van der Waals surface area contributed by atoms with Crippen molar-refractivity contribution in [3.05, 3.63) is 65.6 Å². The lowest BCUT2D eigenvalue weighted by molar-refractivity contribution is -0.210. The number of hydrogen-bond acceptors (Lipinski definition) is 8. The van der Waals surface area contributed by atoms with E-state index in [2.05, 4.69) is 0 Å². The van der Waals surface area contributed by atoms with Gasteiger partial charge in [-0.25, -0.2) is 4.79 Å². The minimum Gasteiger partial charge on any atom is -0.472 e. The number of fused-ring (bicyclic) bond motifs is 3. The highest BCUT2D eigenvalue weighted by atomic mass is 19.4. The van der Waals surface area contributed by atoms with E-state index in [0.717, 1.165) is 18.2 Å². The highest BCUT2D eigenvalue weighted by molar-refractivity contribution is 5.95. The summed E-state index contributed by atoms with van der Waals surface area (Å²) in [6.45, 7) is 3.71. The number of cyclic esters (lactones) is 1. The molecule has 0 radical (unpaired) electrons. The van der Waals surface area contributed by atoms with Crippen molar-refractivity contribution in [1.82, 2.24) is 0 Å². The van der Waals surface area contributed by atoms with Crippen molar-refractivity contribution in [1.29, 1.82) is 0 Å². The zero-order valence-electron chi connectivity index (χ0n) is 23.3. The molecular weight excluding hydrogens is 557 g/mol. The smallest absolute Gasteiger partial charge is 0.416 e. The van der Waals surface area contributed by atoms with E-state index in [9.17, 15) is 32.3 Å². The molecule has 224 valence electrons. The van der Waals surface area contributed by atoms with Gasteiger partial charge in [0.2, 0.25) is 0 Å². The van der Waals surface area contributed by atoms with Gasteiger partial charge < -0.3 is 18.6 Å². The van der Waals surface area contributed by atoms with Crippen molar-refractivity contribution in [3.8, 4) is 0 Å². The van der Waals surface area contributed by atoms with Gasteiger partial charge in [-0.05, 0) is 59.9 Å². The molecule has 11 heteroatoms. The van der Waals surface area contributed by atoms with Crippen LogP contribution in [-0.2, 0) is 39.6 Å². The van der Waals surface area contributed by atoms with Crippen LogP contribution in [0.25, 0.3) is 6.08 Å². The van der Waals surface area contributed by atoms with Crippen molar-refractivity contribution in [2.75, 3.05) is 7.11 Å². The average molecular weight is 589 g/mol. The summed E-state index contributed by atoms with van der Waals surface area (Å²) < 4.78 is 60.2. The molecule has 0 bridgehead atoms. The van der Waals surface area contributed by atoms with Crippen LogP contribution >= 0.6 is 0 Å². The van der Waals surface area contributed by atoms with Gasteiger partial charge >= 0.3 is 24.1 Å². The second kappa shape index (κ2) is 10.7. The fraction of sp³-hybridized carbons (Fsp3) is 0.484. The third-order valence-electron chi connectivity index (χ3n) is 9.41. The van der Waals surface area contributed by atoms with Crippen molar-refractivity contribution in [3.63, 3.8) is 0 Å². The summed E-state index contributed by atoms with van der Waals surface area (Å²) in [5.41, 5.74) is -1.64. The molecule has 1 aliphatic heterocycles. The number of halogens is 3. The fourth-order valence-corrected chi connectivity index (χ4v) is 7.39. The van der Waals surface area contributed by atoms with E-state index in [1.165, 1.54) is 37.8 Å². The number of carbonyl (C=O) groups is 4. The van der Waals surface area contributed by atoms with Gasteiger partial charge in [-0.15, -0.1) is 0 Å². The molecule has 2 aliphatic carbocycles. The molecule has 0 amide bonds. The summed E-state index contributed by atoms with van der Waals surface area (Å²) in [4.78, 5) is 53.3. The van der Waals surface area contributed by atoms with Crippen LogP contribution in [0.15, 0.2) is 53.4 Å². The van der Waals surface area contributed by atoms with E-state index in [4.69, 9.17) is 18.6 Å². The van der Waals surface area contributed by atoms with E-state index in [1.54, 1.807) is 6.07 Å². The number of Topliss-reactive ketones (excluding diaryl/α,β-unsaturated/α-hetero) is 1. The summed E-state index contributed by atoms with van der Waals surface area (Å²) in [6.07, 6.45) is -0.159. The second-order valence-corrected chi connectivity index (χ2v) is 11.8. The van der Waals surface area contributed by atoms with Crippen LogP contribution in [0.4, 0.5) is 13.2 Å². The Balaban J connectivity index is 1.43. The predicted molar refractivity (Wildman–Crippen MR) is 140 cm³/mol. The monoisotopic (exact) mass is 588 g/mol. The predicted octanol–water partition coefficient (Wildman–Crippen LogP) is 5.71. The topological polar surface area (TPSA) is 109 Å². The normalized spacial score (nSPS) is 33.0. The quantitative estimate of drug-likeness (QED) is 0.248. The number of esters is 3. The summed E-state index contributed by atoms with van der Waals surface area (Å²) in [7, 11) is 1.26. The molecule has 3 fully saturated rings. The van der Waals surface area contributed by atoms with E-state index < -0.39 is 70.4 Å². The van der Waals surface area contributed by atoms with Crippen molar-refractivity contribution >= 4 is 29.8 Å². The Hall–Kier alpha value is -3.89. The Morgan fingerprint density at radius 3 is 2.40 bits per heavy atom. The average Bonchev–Trinajstić information content (AvgIpc) is 3.47. The van der Waals surface area contributed by atoms with Crippen LogP contribution in [0.5, 0.6) is 0 Å². The Morgan fingerprint density at radius 2 is 1.79 bits per heavy atom. The maximum absolute atomic E-state index is 14.2. The van der Waals surface area contributed by atoms with Gasteiger partial charge in [0, 0.05) is 24.0 Å². The second-order valence-electron chi connectivity index (χ2n) is 11.8. The number of ether oxygens (including phenoxy) is 3. The number of furan rings is 1. The first kappa shape index (κ1) is 29.6. The van der Waals surface area contributed by atoms with Crippen LogP contribution in [0.3, 0.4) is 0 Å². The Kier molecular flexibility index (Phi) is 7.57. The lowest BCUT2D eigenvalue weighted by atomic mass is 9.43. The third kappa shape index (κ3) is 5.13. The summed E-state index contributed by atoms with van der Waals surface area (Å²) in [5, 5.41) is 0. The lowest BCUT2D eigenvalue weighted by Gasteiger charge is -2.60. The van der Waals surface area contributed by atoms with E-state index >= 15 is 0 Å². The van der Waals surface area contributed by atoms with Gasteiger partial charge in [-0.3, -0.25) is 14.4 Å². The standard InChI is InChI=1S/C31H31F3O8/c1-29-12-10-20-28(38)42-23(18-11-13-40-16-18)15-30(20,2)26(29)25(36)22(14-21(29)27(37)39-3)41-24(35)9-6-17-4-7-19(8-5-17)31(32,33)34/h4-9,11,13,16,20-23,26H,10,12,14-15H2,1-3H3/b9-6+/t20-,21-,22-,23-,26-,29-,30-/m0/s1. The molecule has 1 aromatic carbocycles. The van der Waals surface area contributed by atoms with Crippen LogP contribution < -0.4 is 0 Å². The maximum atomic E-state index is 14.2. The molecule has 0 spiro atoms. The first-order valence-electron chi connectivity index (χ1n) is 13.7. The minimum atomic E-state index is -4.49. The molecule has 0 unspecified atom stereocenters. The number of alkyl halides is 3. The van der Waals surface area contributed by atoms with E-state index in [1.807, 2.05) is 13.8 Å². The number of ketones is 1. The van der Waals surface area contributed by atoms with E-state index in [-0.39, 0.29) is 12.2 Å². The SMILES string of the molecule is COC(=O)[C@@H]1C[C@H](OC(=O)/C=C/c2ccc(C(F)(F)F)cc2)C(=O)[C@H]2[C@@]1(C)CC[C@H]1C(=O)O[C@H](c3ccoc3)C[C@]21C. The summed E-state index contributed by atoms with van der Waals surface area (Å²) >= 11 is 0. The number of benzene rings is 1. The van der Waals surface area contributed by atoms with Crippen molar-refractivity contribution in [2.24, 2.45) is 28.6 Å². The van der Waals surface area contributed by atoms with Gasteiger partial charge in [0.25, 0.3) is 0 Å². The molecule has 1 aromatic heterocycles. The number of carbonyl (C=O) groups excluding carboxylic acids is 4. The molecule has 7 atom stereocenters. The molecule has 0 N–H and O–H groups in total. The zero-order valence-corrected chi connectivity index (χ0v) is 23.3. The molecule has 1 saturated heterocycles. The molecule has 5 rings (SSSR count). The molecule has 2 saturated carbocycles. The first-order chi connectivity index (χ1) is 19.8. The third-order valence-corrected chi connectivity index (χ3v) is 9.41. The Morgan fingerprint density at radius 1 is 1.07 bits per heavy atom. The van der Waals surface area contributed by atoms with Gasteiger partial charge in [-0.2, -0.15) is 13.2 Å². The number of methoxy groups -OCH3 is 1. The number of hydrogen-bond donors (Lipinski definition) is 0. The van der Waals surface area contributed by atoms with Crippen LogP contribution in [0.2, 0.25) is 0 Å². The minimum absolute atomic E-state index is 0.0886. The van der Waals surface area contributed by atoms with Crippen LogP contribution in [0.1, 0.15) is 62.3 Å². The summed E-state index contributed by atoms with van der Waals surface area (Å²) in [6, 6.07) is 5.89. The largest absolute Gasteiger partial charge is 0.472 e. The number of rotatable bonds is 5. The van der Waals surface area contributed by atoms with Gasteiger partial charge in [0.05, 0.1) is 37.0 Å². The maximum Gasteiger partial charge on any atom is 0.416 e. The van der Waals surface area contributed by atoms with E-state index in [0.29, 0.717) is 30.4 Å². The summed E-state index contributed by atoms with van der Waals surface area (Å²) in [5.74, 6) is -4.47. The van der Waals surface area contributed by atoms with Gasteiger partial charge in [0.15, 0.2) is 11.9 Å². The van der Waals surface area contributed by atoms with Gasteiger partial charge in [-0.1, -0.05) is 26.0 Å². The molecule has 2 heterocycles. The fourth-order valence-electron chi connectivity index (χ4n) is 7.39. The molecular formula is C31H31F3O8. The van der Waals surface area contributed by atoms with Crippen molar-refractivity contribution in [2.45, 2.75) is 57.9 Å². The molecule has 42 heavy (non-hydrogen) atoms. The van der Waals surface area contributed by atoms with Crippen LogP contribution in [0, 0.1) is 28.6 Å². The molecule has 3 aliphatic rings. The zero-order chi connectivity index (χ0) is 30.4. The van der Waals surface area contributed by atoms with Gasteiger partial charge in [0.1, 0.15) is 6.10 Å². The highest BCUT2D eigenvalue weighted by Crippen LogP contribution is 2.65. The Labute approximate surface area is 240 Å². The Bertz CT molecular complexity index is 1400. The molecule has 8 nitrogen and oxygen atoms in total. The highest BCUT2D eigenvalue weighted by Gasteiger charge is 2.67. The molecule has 2 aromatic rings. The first-order valence-corrected chi connectivity index (χ1v) is 13.7. The lowest BCUT2D eigenvalue weighted by Crippen LogP contribution is -2.64. The van der Waals surface area contributed by atoms with Crippen LogP contribution in [-0.4, -0.2) is 36.9 Å². The van der Waals surface area contributed by atoms with Crippen molar-refractivity contribution < 1.29 is 51.0 Å².